The number of para-hydroxylation sites is 2. The number of hydrogen-bond donors (Lipinski definition) is 1. The highest BCUT2D eigenvalue weighted by molar-refractivity contribution is 5.81. The van der Waals surface area contributed by atoms with Crippen LogP contribution in [0.3, 0.4) is 0 Å². The predicted molar refractivity (Wildman–Crippen MR) is 117 cm³/mol. The lowest BCUT2D eigenvalue weighted by atomic mass is 9.84. The maximum absolute atomic E-state index is 12.9. The van der Waals surface area contributed by atoms with Gasteiger partial charge in [-0.1, -0.05) is 18.6 Å². The third kappa shape index (κ3) is 4.40. The molecule has 1 aromatic rings. The predicted octanol–water partition coefficient (Wildman–Crippen LogP) is 3.54. The Balaban J connectivity index is 1.28. The molecule has 1 aromatic carbocycles. The minimum atomic E-state index is -0.0691. The van der Waals surface area contributed by atoms with Gasteiger partial charge in [0, 0.05) is 32.2 Å². The Morgan fingerprint density at radius 1 is 1.14 bits per heavy atom. The van der Waals surface area contributed by atoms with E-state index in [-0.39, 0.29) is 11.9 Å². The van der Waals surface area contributed by atoms with Crippen molar-refractivity contribution >= 4 is 11.6 Å². The van der Waals surface area contributed by atoms with Gasteiger partial charge in [0.1, 0.15) is 5.75 Å². The van der Waals surface area contributed by atoms with Crippen molar-refractivity contribution in [3.63, 3.8) is 0 Å². The van der Waals surface area contributed by atoms with Crippen molar-refractivity contribution in [1.29, 1.82) is 0 Å². The minimum absolute atomic E-state index is 0.0691. The van der Waals surface area contributed by atoms with E-state index in [1.54, 1.807) is 0 Å². The van der Waals surface area contributed by atoms with Crippen LogP contribution < -0.4 is 15.0 Å². The number of benzene rings is 1. The normalized spacial score (nSPS) is 28.9. The molecule has 5 atom stereocenters. The first-order chi connectivity index (χ1) is 14.1. The number of amides is 1. The molecule has 1 amide bonds. The minimum Gasteiger partial charge on any atom is -0.492 e. The van der Waals surface area contributed by atoms with Crippen LogP contribution in [0.25, 0.3) is 0 Å². The van der Waals surface area contributed by atoms with Crippen LogP contribution in [0.4, 0.5) is 5.69 Å². The van der Waals surface area contributed by atoms with Crippen molar-refractivity contribution in [2.45, 2.75) is 58.5 Å². The molecule has 1 heterocycles. The van der Waals surface area contributed by atoms with E-state index in [4.69, 9.17) is 4.74 Å². The molecule has 0 unspecified atom stereocenters. The first kappa shape index (κ1) is 20.5. The zero-order valence-electron chi connectivity index (χ0n) is 18.3. The molecule has 2 aliphatic carbocycles. The first-order valence-corrected chi connectivity index (χ1v) is 11.6. The molecule has 1 aliphatic heterocycles. The smallest absolute Gasteiger partial charge is 0.237 e. The number of carbonyl (C=O) groups is 1. The van der Waals surface area contributed by atoms with Crippen LogP contribution in [0.1, 0.15) is 46.5 Å². The van der Waals surface area contributed by atoms with Crippen LogP contribution in [0.5, 0.6) is 5.75 Å². The van der Waals surface area contributed by atoms with Gasteiger partial charge in [0.2, 0.25) is 5.91 Å². The number of hydrogen-bond acceptors (Lipinski definition) is 4. The van der Waals surface area contributed by atoms with Crippen LogP contribution in [0, 0.1) is 17.8 Å². The summed E-state index contributed by atoms with van der Waals surface area (Å²) in [6.45, 7) is 10.6. The largest absolute Gasteiger partial charge is 0.492 e. The molecule has 2 saturated carbocycles. The lowest BCUT2D eigenvalue weighted by molar-refractivity contribution is -0.127. The Morgan fingerprint density at radius 3 is 2.55 bits per heavy atom. The average Bonchev–Trinajstić information content (AvgIpc) is 3.38. The molecular weight excluding hydrogens is 362 g/mol. The Labute approximate surface area is 175 Å². The molecule has 29 heavy (non-hydrogen) atoms. The number of fused-ring (bicyclic) bond motifs is 2. The number of ether oxygens (including phenoxy) is 1. The molecule has 1 saturated heterocycles. The Kier molecular flexibility index (Phi) is 6.33. The van der Waals surface area contributed by atoms with Gasteiger partial charge in [0.15, 0.2) is 0 Å². The second-order valence-corrected chi connectivity index (χ2v) is 9.24. The average molecular weight is 400 g/mol. The molecule has 0 aromatic heterocycles. The van der Waals surface area contributed by atoms with Gasteiger partial charge in [-0.15, -0.1) is 0 Å². The number of nitrogens with one attached hydrogen (secondary N) is 1. The van der Waals surface area contributed by atoms with Crippen LogP contribution in [-0.2, 0) is 4.79 Å². The van der Waals surface area contributed by atoms with Crippen molar-refractivity contribution in [1.82, 2.24) is 10.2 Å². The van der Waals surface area contributed by atoms with Gasteiger partial charge in [0.25, 0.3) is 0 Å². The van der Waals surface area contributed by atoms with E-state index >= 15 is 0 Å². The van der Waals surface area contributed by atoms with Gasteiger partial charge in [-0.25, -0.2) is 0 Å². The van der Waals surface area contributed by atoms with Crippen molar-refractivity contribution in [3.05, 3.63) is 24.3 Å². The van der Waals surface area contributed by atoms with Crippen molar-refractivity contribution < 1.29 is 9.53 Å². The zero-order chi connectivity index (χ0) is 20.4. The summed E-state index contributed by atoms with van der Waals surface area (Å²) in [4.78, 5) is 17.6. The molecule has 5 nitrogen and oxygen atoms in total. The van der Waals surface area contributed by atoms with Crippen LogP contribution in [0.2, 0.25) is 0 Å². The molecule has 160 valence electrons. The maximum atomic E-state index is 12.9. The van der Waals surface area contributed by atoms with Gasteiger partial charge >= 0.3 is 0 Å². The second kappa shape index (κ2) is 8.95. The highest BCUT2D eigenvalue weighted by atomic mass is 16.5. The Morgan fingerprint density at radius 2 is 1.90 bits per heavy atom. The lowest BCUT2D eigenvalue weighted by Crippen LogP contribution is -2.55. The van der Waals surface area contributed by atoms with E-state index in [9.17, 15) is 4.79 Å². The fraction of sp³-hybridized carbons (Fsp3) is 0.708. The van der Waals surface area contributed by atoms with Crippen LogP contribution in [0.15, 0.2) is 24.3 Å². The van der Waals surface area contributed by atoms with E-state index in [0.717, 1.165) is 49.5 Å². The summed E-state index contributed by atoms with van der Waals surface area (Å²) in [6, 6.07) is 8.50. The fourth-order valence-electron chi connectivity index (χ4n) is 5.87. The highest BCUT2D eigenvalue weighted by Crippen LogP contribution is 2.49. The standard InChI is InChI=1S/C24H37N3O2/c1-4-29-23-8-6-5-7-22(23)27-13-11-26(12-14-27)18(3)24(28)25-17(2)21-16-19-9-10-20(21)15-19/h5-8,17-21H,4,9-16H2,1-3H3,(H,25,28)/t17-,18+,19-,20-,21+/m0/s1. The number of anilines is 1. The van der Waals surface area contributed by atoms with Gasteiger partial charge in [-0.3, -0.25) is 9.69 Å². The third-order valence-electron chi connectivity index (χ3n) is 7.55. The molecule has 0 radical (unpaired) electrons. The maximum Gasteiger partial charge on any atom is 0.237 e. The second-order valence-electron chi connectivity index (χ2n) is 9.24. The van der Waals surface area contributed by atoms with Crippen molar-refractivity contribution in [2.75, 3.05) is 37.7 Å². The van der Waals surface area contributed by atoms with Gasteiger partial charge in [-0.05, 0) is 69.9 Å². The molecule has 2 bridgehead atoms. The number of piperazine rings is 1. The van der Waals surface area contributed by atoms with E-state index in [1.165, 1.54) is 25.7 Å². The van der Waals surface area contributed by atoms with Crippen molar-refractivity contribution in [3.8, 4) is 5.75 Å². The Hall–Kier alpha value is -1.75. The van der Waals surface area contributed by atoms with Gasteiger partial charge in [0.05, 0.1) is 18.3 Å². The Bertz CT molecular complexity index is 701. The highest BCUT2D eigenvalue weighted by Gasteiger charge is 2.42. The number of nitrogens with zero attached hydrogens (tertiary/aromatic N) is 2. The van der Waals surface area contributed by atoms with Gasteiger partial charge < -0.3 is 15.0 Å². The number of carbonyl (C=O) groups excluding carboxylic acids is 1. The third-order valence-corrected chi connectivity index (χ3v) is 7.55. The molecule has 1 N–H and O–H groups in total. The topological polar surface area (TPSA) is 44.8 Å². The van der Waals surface area contributed by atoms with E-state index < -0.39 is 0 Å². The molecule has 3 fully saturated rings. The molecule has 5 heteroatoms. The van der Waals surface area contributed by atoms with Crippen LogP contribution >= 0.6 is 0 Å². The summed E-state index contributed by atoms with van der Waals surface area (Å²) < 4.78 is 5.80. The first-order valence-electron chi connectivity index (χ1n) is 11.6. The van der Waals surface area contributed by atoms with E-state index in [0.29, 0.717) is 18.6 Å². The van der Waals surface area contributed by atoms with E-state index in [1.807, 2.05) is 19.1 Å². The van der Waals surface area contributed by atoms with Crippen molar-refractivity contribution in [2.24, 2.45) is 17.8 Å². The molecule has 0 spiro atoms. The number of rotatable bonds is 7. The summed E-state index contributed by atoms with van der Waals surface area (Å²) in [5.41, 5.74) is 1.16. The summed E-state index contributed by atoms with van der Waals surface area (Å²) in [6.07, 6.45) is 5.50. The molecule has 3 aliphatic rings. The molecular formula is C24H37N3O2. The summed E-state index contributed by atoms with van der Waals surface area (Å²) in [5, 5.41) is 3.36. The fourth-order valence-corrected chi connectivity index (χ4v) is 5.87. The van der Waals surface area contributed by atoms with Crippen LogP contribution in [-0.4, -0.2) is 55.7 Å². The summed E-state index contributed by atoms with van der Waals surface area (Å²) in [5.74, 6) is 3.61. The van der Waals surface area contributed by atoms with E-state index in [2.05, 4.69) is 41.1 Å². The quantitative estimate of drug-likeness (QED) is 0.762. The zero-order valence-corrected chi connectivity index (χ0v) is 18.3. The SMILES string of the molecule is CCOc1ccccc1N1CCN([C@H](C)C(=O)N[C@@H](C)[C@H]2C[C@H]3CC[C@H]2C3)CC1. The summed E-state index contributed by atoms with van der Waals surface area (Å²) in [7, 11) is 0. The molecule has 4 rings (SSSR count). The monoisotopic (exact) mass is 399 g/mol. The lowest BCUT2D eigenvalue weighted by Gasteiger charge is -2.39. The van der Waals surface area contributed by atoms with Gasteiger partial charge in [-0.2, -0.15) is 0 Å². The summed E-state index contributed by atoms with van der Waals surface area (Å²) >= 11 is 0.